The molecule has 3 nitrogen and oxygen atoms in total. The summed E-state index contributed by atoms with van der Waals surface area (Å²) in [4.78, 5) is 12.2. The van der Waals surface area contributed by atoms with Crippen molar-refractivity contribution in [1.82, 2.24) is 0 Å². The summed E-state index contributed by atoms with van der Waals surface area (Å²) in [6.45, 7) is -0.0312. The summed E-state index contributed by atoms with van der Waals surface area (Å²) < 4.78 is 5.48. The average Bonchev–Trinajstić information content (AvgIpc) is 2.67. The number of carbonyl (C=O) groups excluding carboxylic acids is 1. The molecule has 0 N–H and O–H groups in total. The van der Waals surface area contributed by atoms with Crippen LogP contribution < -0.4 is 4.74 Å². The number of nitrogens with zero attached hydrogens (tertiary/aromatic N) is 1. The van der Waals surface area contributed by atoms with E-state index in [9.17, 15) is 4.79 Å². The molecule has 0 fully saturated rings. The van der Waals surface area contributed by atoms with Crippen LogP contribution >= 0.6 is 0 Å². The van der Waals surface area contributed by atoms with Gasteiger partial charge in [-0.15, -0.1) is 0 Å². The molecule has 0 unspecified atom stereocenters. The third-order valence-corrected chi connectivity index (χ3v) is 3.67. The van der Waals surface area contributed by atoms with Gasteiger partial charge in [0.05, 0.1) is 11.6 Å². The molecule has 3 aromatic carbocycles. The average molecular weight is 313 g/mol. The molecule has 3 rings (SSSR count). The Labute approximate surface area is 140 Å². The number of hydrogen-bond donors (Lipinski definition) is 0. The van der Waals surface area contributed by atoms with E-state index < -0.39 is 0 Å². The van der Waals surface area contributed by atoms with Crippen LogP contribution in [0.25, 0.3) is 11.1 Å². The highest BCUT2D eigenvalue weighted by molar-refractivity contribution is 5.97. The summed E-state index contributed by atoms with van der Waals surface area (Å²) in [6, 6.07) is 26.2. The summed E-state index contributed by atoms with van der Waals surface area (Å²) in [5.41, 5.74) is 3.36. The van der Waals surface area contributed by atoms with E-state index in [0.717, 1.165) is 11.1 Å². The van der Waals surface area contributed by atoms with Crippen LogP contribution in [0.2, 0.25) is 0 Å². The Morgan fingerprint density at radius 1 is 0.833 bits per heavy atom. The molecule has 3 heteroatoms. The van der Waals surface area contributed by atoms with Crippen molar-refractivity contribution in [3.8, 4) is 22.9 Å². The van der Waals surface area contributed by atoms with Gasteiger partial charge in [0.2, 0.25) is 0 Å². The van der Waals surface area contributed by atoms with Gasteiger partial charge in [-0.2, -0.15) is 5.26 Å². The predicted octanol–water partition coefficient (Wildman–Crippen LogP) is 4.49. The zero-order valence-corrected chi connectivity index (χ0v) is 13.0. The van der Waals surface area contributed by atoms with Crippen molar-refractivity contribution in [2.45, 2.75) is 0 Å². The normalized spacial score (nSPS) is 9.96. The second kappa shape index (κ2) is 7.26. The van der Waals surface area contributed by atoms with Crippen LogP contribution in [0.4, 0.5) is 0 Å². The lowest BCUT2D eigenvalue weighted by molar-refractivity contribution is 0.0921. The fraction of sp³-hybridized carbons (Fsp3) is 0.0476. The van der Waals surface area contributed by atoms with Crippen molar-refractivity contribution in [3.05, 3.63) is 90.0 Å². The number of carbonyl (C=O) groups is 1. The Balaban J connectivity index is 1.63. The van der Waals surface area contributed by atoms with Gasteiger partial charge in [-0.05, 0) is 35.4 Å². The molecule has 0 aliphatic heterocycles. The van der Waals surface area contributed by atoms with E-state index in [1.807, 2.05) is 60.7 Å². The van der Waals surface area contributed by atoms with Crippen LogP contribution in [0.3, 0.4) is 0 Å². The molecule has 0 atom stereocenters. The minimum atomic E-state index is -0.0843. The topological polar surface area (TPSA) is 50.1 Å². The first-order chi connectivity index (χ1) is 11.8. The smallest absolute Gasteiger partial charge is 0.200 e. The van der Waals surface area contributed by atoms with Gasteiger partial charge in [-0.1, -0.05) is 54.6 Å². The standard InChI is InChI=1S/C21H15NO2/c22-14-16-6-12-20(13-7-16)24-15-21(23)19-10-8-18(9-11-19)17-4-2-1-3-5-17/h1-13H,15H2. The molecule has 0 radical (unpaired) electrons. The third-order valence-electron chi connectivity index (χ3n) is 3.67. The second-order valence-corrected chi connectivity index (χ2v) is 5.29. The number of rotatable bonds is 5. The molecule has 0 aromatic heterocycles. The Bertz CT molecular complexity index is 860. The lowest BCUT2D eigenvalue weighted by Gasteiger charge is -2.07. The summed E-state index contributed by atoms with van der Waals surface area (Å²) >= 11 is 0. The fourth-order valence-corrected chi connectivity index (χ4v) is 2.34. The summed E-state index contributed by atoms with van der Waals surface area (Å²) in [7, 11) is 0. The van der Waals surface area contributed by atoms with Gasteiger partial charge >= 0.3 is 0 Å². The number of ketones is 1. The zero-order valence-electron chi connectivity index (χ0n) is 13.0. The van der Waals surface area contributed by atoms with E-state index in [2.05, 4.69) is 0 Å². The van der Waals surface area contributed by atoms with E-state index in [4.69, 9.17) is 10.00 Å². The lowest BCUT2D eigenvalue weighted by Crippen LogP contribution is -2.11. The molecule has 0 saturated heterocycles. The van der Waals surface area contributed by atoms with Gasteiger partial charge in [0, 0.05) is 5.56 Å². The molecule has 0 amide bonds. The SMILES string of the molecule is N#Cc1ccc(OCC(=O)c2ccc(-c3ccccc3)cc2)cc1. The van der Waals surface area contributed by atoms with E-state index in [0.29, 0.717) is 16.9 Å². The van der Waals surface area contributed by atoms with Crippen LogP contribution in [0, 0.1) is 11.3 Å². The molecule has 0 aliphatic carbocycles. The van der Waals surface area contributed by atoms with Crippen molar-refractivity contribution in [2.24, 2.45) is 0 Å². The maximum atomic E-state index is 12.2. The van der Waals surface area contributed by atoms with Crippen LogP contribution in [-0.4, -0.2) is 12.4 Å². The first-order valence-electron chi connectivity index (χ1n) is 7.58. The molecule has 0 saturated carbocycles. The Kier molecular flexibility index (Phi) is 4.69. The zero-order chi connectivity index (χ0) is 16.8. The highest BCUT2D eigenvalue weighted by Gasteiger charge is 2.07. The van der Waals surface area contributed by atoms with Crippen LogP contribution in [-0.2, 0) is 0 Å². The Morgan fingerprint density at radius 2 is 1.46 bits per heavy atom. The Hall–Kier alpha value is -3.38. The van der Waals surface area contributed by atoms with Gasteiger partial charge in [0.1, 0.15) is 5.75 Å². The summed E-state index contributed by atoms with van der Waals surface area (Å²) in [6.07, 6.45) is 0. The van der Waals surface area contributed by atoms with E-state index >= 15 is 0 Å². The fourth-order valence-electron chi connectivity index (χ4n) is 2.34. The molecule has 116 valence electrons. The molecule has 24 heavy (non-hydrogen) atoms. The van der Waals surface area contributed by atoms with E-state index in [1.54, 1.807) is 24.3 Å². The Morgan fingerprint density at radius 3 is 2.08 bits per heavy atom. The maximum absolute atomic E-state index is 12.2. The predicted molar refractivity (Wildman–Crippen MR) is 92.9 cm³/mol. The molecule has 0 heterocycles. The number of ether oxygens (including phenoxy) is 1. The van der Waals surface area contributed by atoms with Crippen molar-refractivity contribution in [1.29, 1.82) is 5.26 Å². The number of hydrogen-bond acceptors (Lipinski definition) is 3. The molecule has 0 spiro atoms. The third kappa shape index (κ3) is 3.68. The number of Topliss-reactive ketones (excluding diaryl/α,β-unsaturated/α-hetero) is 1. The van der Waals surface area contributed by atoms with Gasteiger partial charge < -0.3 is 4.74 Å². The molecule has 3 aromatic rings. The highest BCUT2D eigenvalue weighted by atomic mass is 16.5. The number of nitriles is 1. The van der Waals surface area contributed by atoms with Crippen molar-refractivity contribution < 1.29 is 9.53 Å². The van der Waals surface area contributed by atoms with Crippen molar-refractivity contribution in [2.75, 3.05) is 6.61 Å². The monoisotopic (exact) mass is 313 g/mol. The number of benzene rings is 3. The summed E-state index contributed by atoms with van der Waals surface area (Å²) in [5, 5.41) is 8.76. The second-order valence-electron chi connectivity index (χ2n) is 5.29. The van der Waals surface area contributed by atoms with E-state index in [1.165, 1.54) is 0 Å². The first kappa shape index (κ1) is 15.5. The van der Waals surface area contributed by atoms with E-state index in [-0.39, 0.29) is 12.4 Å². The van der Waals surface area contributed by atoms with Gasteiger partial charge in [0.25, 0.3) is 0 Å². The lowest BCUT2D eigenvalue weighted by atomic mass is 10.0. The van der Waals surface area contributed by atoms with Gasteiger partial charge in [-0.25, -0.2) is 0 Å². The molecule has 0 bridgehead atoms. The van der Waals surface area contributed by atoms with Crippen LogP contribution in [0.15, 0.2) is 78.9 Å². The van der Waals surface area contributed by atoms with Gasteiger partial charge in [-0.3, -0.25) is 4.79 Å². The minimum Gasteiger partial charge on any atom is -0.485 e. The molecular formula is C21H15NO2. The maximum Gasteiger partial charge on any atom is 0.200 e. The minimum absolute atomic E-state index is 0.0312. The summed E-state index contributed by atoms with van der Waals surface area (Å²) in [5.74, 6) is 0.488. The van der Waals surface area contributed by atoms with Gasteiger partial charge in [0.15, 0.2) is 12.4 Å². The largest absolute Gasteiger partial charge is 0.485 e. The van der Waals surface area contributed by atoms with Crippen LogP contribution in [0.1, 0.15) is 15.9 Å². The quantitative estimate of drug-likeness (QED) is 0.652. The van der Waals surface area contributed by atoms with Crippen molar-refractivity contribution in [3.63, 3.8) is 0 Å². The first-order valence-corrected chi connectivity index (χ1v) is 7.58. The van der Waals surface area contributed by atoms with Crippen molar-refractivity contribution >= 4 is 5.78 Å². The molecule has 0 aliphatic rings. The molecular weight excluding hydrogens is 298 g/mol. The van der Waals surface area contributed by atoms with Crippen LogP contribution in [0.5, 0.6) is 5.75 Å². The highest BCUT2D eigenvalue weighted by Crippen LogP contribution is 2.19.